The molecule has 0 radical (unpaired) electrons. The van der Waals surface area contributed by atoms with Gasteiger partial charge in [0.2, 0.25) is 17.8 Å². The zero-order chi connectivity index (χ0) is 30.5. The van der Waals surface area contributed by atoms with Crippen molar-refractivity contribution in [1.29, 1.82) is 0 Å². The molecule has 1 saturated heterocycles. The topological polar surface area (TPSA) is 175 Å². The van der Waals surface area contributed by atoms with Crippen LogP contribution in [0.5, 0.6) is 5.75 Å². The average molecular weight is 601 g/mol. The number of hydrogen-bond donors (Lipinski definition) is 4. The molecule has 3 heterocycles. The molecule has 0 unspecified atom stereocenters. The summed E-state index contributed by atoms with van der Waals surface area (Å²) in [7, 11) is 0. The standard InChI is InChI=1S/C25H35F3N8O6/c1-17(32-19-15-31-33-23(39)22(19)25(26,27)28)16-41-12-6-21(38)35-7-9-36(10-8-35)24-29-13-18(14-30-24)42-11-4-2-3-5-20(37)34-40/h13-15,17,40H,2-12,16H2,1H3,(H,34,37)(H2,32,33,39)/t17-/m0/s1. The maximum atomic E-state index is 13.2. The molecule has 1 atom stereocenters. The third-order valence-corrected chi connectivity index (χ3v) is 6.34. The molecule has 4 N–H and O–H groups in total. The van der Waals surface area contributed by atoms with Gasteiger partial charge < -0.3 is 24.6 Å². The van der Waals surface area contributed by atoms with Crippen LogP contribution in [0.3, 0.4) is 0 Å². The molecule has 0 saturated carbocycles. The van der Waals surface area contributed by atoms with E-state index in [9.17, 15) is 27.6 Å². The second kappa shape index (κ2) is 15.9. The summed E-state index contributed by atoms with van der Waals surface area (Å²) >= 11 is 0. The van der Waals surface area contributed by atoms with Crippen molar-refractivity contribution in [3.05, 3.63) is 34.5 Å². The van der Waals surface area contributed by atoms with Crippen molar-refractivity contribution in [2.24, 2.45) is 0 Å². The molecule has 0 spiro atoms. The predicted octanol–water partition coefficient (Wildman–Crippen LogP) is 1.58. The Labute approximate surface area is 239 Å². The first-order chi connectivity index (χ1) is 20.1. The number of hydroxylamine groups is 1. The molecular formula is C25H35F3N8O6. The minimum atomic E-state index is -4.84. The molecule has 2 aromatic rings. The Morgan fingerprint density at radius 2 is 1.79 bits per heavy atom. The fraction of sp³-hybridized carbons (Fsp3) is 0.600. The number of halogens is 3. The SMILES string of the molecule is C[C@@H](COCCC(=O)N1CCN(c2ncc(OCCCCCC(=O)NO)cn2)CC1)Nc1cn[nH]c(=O)c1C(F)(F)F. The average Bonchev–Trinajstić information content (AvgIpc) is 2.96. The van der Waals surface area contributed by atoms with E-state index in [4.69, 9.17) is 14.7 Å². The summed E-state index contributed by atoms with van der Waals surface area (Å²) in [4.78, 5) is 47.5. The van der Waals surface area contributed by atoms with Gasteiger partial charge in [0.15, 0.2) is 5.75 Å². The highest BCUT2D eigenvalue weighted by molar-refractivity contribution is 5.76. The van der Waals surface area contributed by atoms with E-state index in [1.165, 1.54) is 0 Å². The Morgan fingerprint density at radius 1 is 1.07 bits per heavy atom. The summed E-state index contributed by atoms with van der Waals surface area (Å²) in [5.74, 6) is 0.543. The van der Waals surface area contributed by atoms with Crippen molar-refractivity contribution < 1.29 is 37.4 Å². The number of piperazine rings is 1. The lowest BCUT2D eigenvalue weighted by Crippen LogP contribution is -2.49. The highest BCUT2D eigenvalue weighted by atomic mass is 19.4. The van der Waals surface area contributed by atoms with E-state index in [-0.39, 0.29) is 32.0 Å². The number of carbonyl (C=O) groups excluding carboxylic acids is 2. The van der Waals surface area contributed by atoms with Gasteiger partial charge in [-0.2, -0.15) is 18.3 Å². The quantitative estimate of drug-likeness (QED) is 0.133. The first-order valence-corrected chi connectivity index (χ1v) is 13.5. The van der Waals surface area contributed by atoms with E-state index in [0.717, 1.165) is 19.0 Å². The summed E-state index contributed by atoms with van der Waals surface area (Å²) in [5, 5.41) is 16.2. The highest BCUT2D eigenvalue weighted by Crippen LogP contribution is 2.31. The van der Waals surface area contributed by atoms with Gasteiger partial charge in [0.05, 0.1) is 50.5 Å². The summed E-state index contributed by atoms with van der Waals surface area (Å²) in [6.07, 6.45) is 1.77. The number of amides is 2. The summed E-state index contributed by atoms with van der Waals surface area (Å²) in [6, 6.07) is -0.572. The van der Waals surface area contributed by atoms with Crippen LogP contribution in [-0.4, -0.2) is 94.1 Å². The van der Waals surface area contributed by atoms with Crippen molar-refractivity contribution >= 4 is 23.5 Å². The number of H-pyrrole nitrogens is 1. The number of aromatic amines is 1. The minimum Gasteiger partial charge on any atom is -0.490 e. The lowest BCUT2D eigenvalue weighted by molar-refractivity contribution is -0.138. The normalized spacial score (nSPS) is 14.4. The largest absolute Gasteiger partial charge is 0.490 e. The molecule has 1 fully saturated rings. The lowest BCUT2D eigenvalue weighted by atomic mass is 10.2. The first kappa shape index (κ1) is 32.5. The number of nitrogens with one attached hydrogen (secondary N) is 3. The number of carbonyl (C=O) groups is 2. The van der Waals surface area contributed by atoms with Crippen LogP contribution in [0.15, 0.2) is 23.4 Å². The van der Waals surface area contributed by atoms with Gasteiger partial charge in [-0.3, -0.25) is 19.6 Å². The molecule has 232 valence electrons. The van der Waals surface area contributed by atoms with Gasteiger partial charge in [-0.05, 0) is 26.2 Å². The van der Waals surface area contributed by atoms with Crippen LogP contribution in [0.1, 0.15) is 44.6 Å². The Kier molecular flexibility index (Phi) is 12.3. The van der Waals surface area contributed by atoms with E-state index < -0.39 is 34.9 Å². The Bertz CT molecular complexity index is 1210. The van der Waals surface area contributed by atoms with Crippen LogP contribution in [0.4, 0.5) is 24.8 Å². The third-order valence-electron chi connectivity index (χ3n) is 6.34. The number of rotatable bonds is 15. The second-order valence-electron chi connectivity index (χ2n) is 9.64. The number of unbranched alkanes of at least 4 members (excludes halogenated alkanes) is 2. The van der Waals surface area contributed by atoms with Gasteiger partial charge in [0.1, 0.15) is 5.56 Å². The molecule has 2 aromatic heterocycles. The van der Waals surface area contributed by atoms with E-state index >= 15 is 0 Å². The molecule has 1 aliphatic heterocycles. The van der Waals surface area contributed by atoms with E-state index in [1.54, 1.807) is 34.8 Å². The molecule has 3 rings (SSSR count). The summed E-state index contributed by atoms with van der Waals surface area (Å²) in [6.45, 7) is 4.19. The van der Waals surface area contributed by atoms with Crippen molar-refractivity contribution in [3.63, 3.8) is 0 Å². The lowest BCUT2D eigenvalue weighted by Gasteiger charge is -2.34. The van der Waals surface area contributed by atoms with Gasteiger partial charge in [-0.25, -0.2) is 20.5 Å². The molecule has 2 amide bonds. The van der Waals surface area contributed by atoms with E-state index in [2.05, 4.69) is 20.4 Å². The van der Waals surface area contributed by atoms with Crippen LogP contribution in [0.25, 0.3) is 0 Å². The molecule has 0 aromatic carbocycles. The monoisotopic (exact) mass is 600 g/mol. The minimum absolute atomic E-state index is 0.0194. The zero-order valence-electron chi connectivity index (χ0n) is 23.2. The van der Waals surface area contributed by atoms with Crippen LogP contribution < -0.4 is 26.0 Å². The van der Waals surface area contributed by atoms with Gasteiger partial charge in [0.25, 0.3) is 5.56 Å². The van der Waals surface area contributed by atoms with Crippen molar-refractivity contribution in [3.8, 4) is 5.75 Å². The number of anilines is 2. The Morgan fingerprint density at radius 3 is 2.45 bits per heavy atom. The Hall–Kier alpha value is -3.99. The van der Waals surface area contributed by atoms with Crippen LogP contribution in [0, 0.1) is 0 Å². The van der Waals surface area contributed by atoms with Crippen LogP contribution in [0.2, 0.25) is 0 Å². The Balaban J connectivity index is 1.31. The zero-order valence-corrected chi connectivity index (χ0v) is 23.2. The molecule has 17 heteroatoms. The maximum Gasteiger partial charge on any atom is 0.423 e. The van der Waals surface area contributed by atoms with Crippen LogP contribution >= 0.6 is 0 Å². The fourth-order valence-corrected chi connectivity index (χ4v) is 4.19. The van der Waals surface area contributed by atoms with Crippen molar-refractivity contribution in [2.75, 3.05) is 56.2 Å². The highest BCUT2D eigenvalue weighted by Gasteiger charge is 2.37. The van der Waals surface area contributed by atoms with E-state index in [0.29, 0.717) is 50.9 Å². The maximum absolute atomic E-state index is 13.2. The second-order valence-corrected chi connectivity index (χ2v) is 9.64. The number of hydrogen-bond acceptors (Lipinski definition) is 11. The van der Waals surface area contributed by atoms with Crippen molar-refractivity contribution in [2.45, 2.75) is 51.2 Å². The van der Waals surface area contributed by atoms with Crippen molar-refractivity contribution in [1.82, 2.24) is 30.5 Å². The summed E-state index contributed by atoms with van der Waals surface area (Å²) in [5.41, 5.74) is -1.54. The molecular weight excluding hydrogens is 565 g/mol. The van der Waals surface area contributed by atoms with Crippen LogP contribution in [-0.2, 0) is 20.5 Å². The smallest absolute Gasteiger partial charge is 0.423 e. The molecule has 14 nitrogen and oxygen atoms in total. The third kappa shape index (κ3) is 10.1. The number of alkyl halides is 3. The van der Waals surface area contributed by atoms with Gasteiger partial charge in [-0.1, -0.05) is 0 Å². The molecule has 0 aliphatic carbocycles. The van der Waals surface area contributed by atoms with Gasteiger partial charge in [-0.15, -0.1) is 0 Å². The fourth-order valence-electron chi connectivity index (χ4n) is 4.19. The van der Waals surface area contributed by atoms with Gasteiger partial charge >= 0.3 is 6.18 Å². The molecule has 0 bridgehead atoms. The summed E-state index contributed by atoms with van der Waals surface area (Å²) < 4.78 is 50.6. The van der Waals surface area contributed by atoms with E-state index in [1.807, 2.05) is 4.90 Å². The first-order valence-electron chi connectivity index (χ1n) is 13.5. The number of nitrogens with zero attached hydrogens (tertiary/aromatic N) is 5. The number of ether oxygens (including phenoxy) is 2. The van der Waals surface area contributed by atoms with Gasteiger partial charge in [0, 0.05) is 38.6 Å². The molecule has 1 aliphatic rings. The molecule has 42 heavy (non-hydrogen) atoms. The number of aromatic nitrogens is 4. The predicted molar refractivity (Wildman–Crippen MR) is 143 cm³/mol.